The molecule has 1 amide bonds. The van der Waals surface area contributed by atoms with E-state index in [4.69, 9.17) is 4.52 Å². The van der Waals surface area contributed by atoms with E-state index in [1.54, 1.807) is 19.1 Å². The van der Waals surface area contributed by atoms with Gasteiger partial charge < -0.3 is 9.84 Å². The predicted octanol–water partition coefficient (Wildman–Crippen LogP) is 3.18. The van der Waals surface area contributed by atoms with Gasteiger partial charge >= 0.3 is 0 Å². The third kappa shape index (κ3) is 3.89. The van der Waals surface area contributed by atoms with Gasteiger partial charge in [0, 0.05) is 11.4 Å². The largest absolute Gasteiger partial charge is 0.361 e. The Morgan fingerprint density at radius 1 is 1.04 bits per heavy atom. The first-order chi connectivity index (χ1) is 12.3. The quantitative estimate of drug-likeness (QED) is 0.713. The number of hydrogen-bond donors (Lipinski definition) is 2. The van der Waals surface area contributed by atoms with Crippen LogP contribution in [-0.2, 0) is 10.0 Å². The molecule has 0 atom stereocenters. The summed E-state index contributed by atoms with van der Waals surface area (Å²) in [5.74, 6) is -0.512. The minimum Gasteiger partial charge on any atom is -0.361 e. The molecule has 2 aromatic carbocycles. The second-order valence-electron chi connectivity index (χ2n) is 5.39. The standard InChI is InChI=1S/C17H14FN3O4S/c1-11-16(10-19-25-11)17(22)20-13-4-6-14(7-5-13)21-26(23,24)15-8-2-12(18)3-9-15/h2-10,21H,1H3,(H,20,22). The van der Waals surface area contributed by atoms with Crippen molar-refractivity contribution in [2.45, 2.75) is 11.8 Å². The number of nitrogens with zero attached hydrogens (tertiary/aromatic N) is 1. The average Bonchev–Trinajstić information content (AvgIpc) is 3.03. The van der Waals surface area contributed by atoms with Crippen molar-refractivity contribution in [1.82, 2.24) is 5.16 Å². The van der Waals surface area contributed by atoms with Gasteiger partial charge in [-0.2, -0.15) is 0 Å². The van der Waals surface area contributed by atoms with Crippen LogP contribution in [-0.4, -0.2) is 19.5 Å². The van der Waals surface area contributed by atoms with Gasteiger partial charge in [0.05, 0.1) is 11.1 Å². The number of aromatic nitrogens is 1. The van der Waals surface area contributed by atoms with E-state index >= 15 is 0 Å². The van der Waals surface area contributed by atoms with E-state index in [1.165, 1.54) is 30.5 Å². The highest BCUT2D eigenvalue weighted by molar-refractivity contribution is 7.92. The Kier molecular flexibility index (Phi) is 4.72. The summed E-state index contributed by atoms with van der Waals surface area (Å²) in [7, 11) is -3.83. The van der Waals surface area contributed by atoms with Crippen molar-refractivity contribution in [3.05, 3.63) is 71.9 Å². The van der Waals surface area contributed by atoms with E-state index in [1.807, 2.05) is 0 Å². The zero-order valence-electron chi connectivity index (χ0n) is 13.6. The van der Waals surface area contributed by atoms with Gasteiger partial charge in [-0.15, -0.1) is 0 Å². The van der Waals surface area contributed by atoms with Gasteiger partial charge in [-0.05, 0) is 55.5 Å². The molecule has 0 bridgehead atoms. The van der Waals surface area contributed by atoms with Crippen LogP contribution < -0.4 is 10.0 Å². The van der Waals surface area contributed by atoms with E-state index < -0.39 is 15.8 Å². The molecular formula is C17H14FN3O4S. The Bertz CT molecular complexity index is 1030. The van der Waals surface area contributed by atoms with Gasteiger partial charge in [0.25, 0.3) is 15.9 Å². The molecule has 1 aromatic heterocycles. The Balaban J connectivity index is 1.70. The van der Waals surface area contributed by atoms with Gasteiger partial charge in [-0.1, -0.05) is 5.16 Å². The normalized spacial score (nSPS) is 11.2. The summed E-state index contributed by atoms with van der Waals surface area (Å²) in [6.45, 7) is 1.62. The summed E-state index contributed by atoms with van der Waals surface area (Å²) in [4.78, 5) is 12.0. The van der Waals surface area contributed by atoms with E-state index in [0.29, 0.717) is 22.7 Å². The lowest BCUT2D eigenvalue weighted by Gasteiger charge is -2.09. The van der Waals surface area contributed by atoms with Gasteiger partial charge in [0.15, 0.2) is 0 Å². The lowest BCUT2D eigenvalue weighted by Crippen LogP contribution is -2.14. The van der Waals surface area contributed by atoms with Crippen molar-refractivity contribution >= 4 is 27.3 Å². The Labute approximate surface area is 148 Å². The van der Waals surface area contributed by atoms with Crippen LogP contribution in [0, 0.1) is 12.7 Å². The Morgan fingerprint density at radius 2 is 1.65 bits per heavy atom. The fourth-order valence-corrected chi connectivity index (χ4v) is 3.22. The number of sulfonamides is 1. The SMILES string of the molecule is Cc1oncc1C(=O)Nc1ccc(NS(=O)(=O)c2ccc(F)cc2)cc1. The molecule has 0 fully saturated rings. The average molecular weight is 375 g/mol. The van der Waals surface area contributed by atoms with Crippen molar-refractivity contribution < 1.29 is 22.1 Å². The highest BCUT2D eigenvalue weighted by Crippen LogP contribution is 2.19. The second-order valence-corrected chi connectivity index (χ2v) is 7.07. The summed E-state index contributed by atoms with van der Waals surface area (Å²) < 4.78 is 44.6. The molecule has 0 unspecified atom stereocenters. The van der Waals surface area contributed by atoms with Crippen molar-refractivity contribution in [2.24, 2.45) is 0 Å². The third-order valence-corrected chi connectivity index (χ3v) is 4.91. The zero-order valence-corrected chi connectivity index (χ0v) is 14.4. The van der Waals surface area contributed by atoms with Gasteiger partial charge in [0.1, 0.15) is 17.1 Å². The first-order valence-corrected chi connectivity index (χ1v) is 8.94. The van der Waals surface area contributed by atoms with Crippen LogP contribution >= 0.6 is 0 Å². The van der Waals surface area contributed by atoms with Crippen molar-refractivity contribution in [3.63, 3.8) is 0 Å². The number of nitrogens with one attached hydrogen (secondary N) is 2. The fraction of sp³-hybridized carbons (Fsp3) is 0.0588. The van der Waals surface area contributed by atoms with Crippen molar-refractivity contribution in [3.8, 4) is 0 Å². The molecule has 1 heterocycles. The lowest BCUT2D eigenvalue weighted by atomic mass is 10.2. The molecule has 134 valence electrons. The number of carbonyl (C=O) groups is 1. The first-order valence-electron chi connectivity index (χ1n) is 7.46. The minimum absolute atomic E-state index is 0.0563. The maximum atomic E-state index is 12.9. The first kappa shape index (κ1) is 17.6. The number of benzene rings is 2. The molecule has 0 aliphatic rings. The van der Waals surface area contributed by atoms with Gasteiger partial charge in [-0.25, -0.2) is 12.8 Å². The Hall–Kier alpha value is -3.20. The second kappa shape index (κ2) is 6.96. The van der Waals surface area contributed by atoms with Crippen LogP contribution in [0.15, 0.2) is 64.1 Å². The molecule has 0 radical (unpaired) electrons. The summed E-state index contributed by atoms with van der Waals surface area (Å²) >= 11 is 0. The summed E-state index contributed by atoms with van der Waals surface area (Å²) in [5.41, 5.74) is 1.08. The van der Waals surface area contributed by atoms with Crippen LogP contribution in [0.25, 0.3) is 0 Å². The maximum Gasteiger partial charge on any atom is 0.261 e. The maximum absolute atomic E-state index is 12.9. The fourth-order valence-electron chi connectivity index (χ4n) is 2.16. The van der Waals surface area contributed by atoms with Crippen LogP contribution in [0.2, 0.25) is 0 Å². The number of halogens is 1. The number of hydrogen-bond acceptors (Lipinski definition) is 5. The topological polar surface area (TPSA) is 101 Å². The van der Waals surface area contributed by atoms with Gasteiger partial charge in [-0.3, -0.25) is 9.52 Å². The highest BCUT2D eigenvalue weighted by atomic mass is 32.2. The van der Waals surface area contributed by atoms with Crippen molar-refractivity contribution in [2.75, 3.05) is 10.0 Å². The molecule has 3 rings (SSSR count). The molecule has 0 saturated heterocycles. The monoisotopic (exact) mass is 375 g/mol. The minimum atomic E-state index is -3.83. The number of amides is 1. The molecule has 0 spiro atoms. The third-order valence-electron chi connectivity index (χ3n) is 3.51. The lowest BCUT2D eigenvalue weighted by molar-refractivity contribution is 0.102. The number of anilines is 2. The Morgan fingerprint density at radius 3 is 2.23 bits per heavy atom. The summed E-state index contributed by atoms with van der Waals surface area (Å²) in [6.07, 6.45) is 1.32. The molecule has 0 aliphatic carbocycles. The highest BCUT2D eigenvalue weighted by Gasteiger charge is 2.15. The molecule has 0 aliphatic heterocycles. The molecule has 0 saturated carbocycles. The molecule has 2 N–H and O–H groups in total. The van der Waals surface area contributed by atoms with E-state index in [2.05, 4.69) is 15.2 Å². The summed E-state index contributed by atoms with van der Waals surface area (Å²) in [5, 5.41) is 6.19. The molecule has 9 heteroatoms. The van der Waals surface area contributed by atoms with Crippen LogP contribution in [0.1, 0.15) is 16.1 Å². The van der Waals surface area contributed by atoms with Crippen molar-refractivity contribution in [1.29, 1.82) is 0 Å². The van der Waals surface area contributed by atoms with E-state index in [-0.39, 0.29) is 10.8 Å². The molecular weight excluding hydrogens is 361 g/mol. The molecule has 7 nitrogen and oxygen atoms in total. The summed E-state index contributed by atoms with van der Waals surface area (Å²) in [6, 6.07) is 10.6. The molecule has 26 heavy (non-hydrogen) atoms. The van der Waals surface area contributed by atoms with Crippen LogP contribution in [0.3, 0.4) is 0 Å². The van der Waals surface area contributed by atoms with Crippen LogP contribution in [0.4, 0.5) is 15.8 Å². The van der Waals surface area contributed by atoms with E-state index in [0.717, 1.165) is 12.1 Å². The molecule has 3 aromatic rings. The smallest absolute Gasteiger partial charge is 0.261 e. The predicted molar refractivity (Wildman–Crippen MR) is 92.8 cm³/mol. The number of rotatable bonds is 5. The number of aryl methyl sites for hydroxylation is 1. The number of carbonyl (C=O) groups excluding carboxylic acids is 1. The zero-order chi connectivity index (χ0) is 18.7. The van der Waals surface area contributed by atoms with E-state index in [9.17, 15) is 17.6 Å². The van der Waals surface area contributed by atoms with Crippen LogP contribution in [0.5, 0.6) is 0 Å². The van der Waals surface area contributed by atoms with Gasteiger partial charge in [0.2, 0.25) is 0 Å².